The fourth-order valence-electron chi connectivity index (χ4n) is 2.10. The first kappa shape index (κ1) is 23.2. The van der Waals surface area contributed by atoms with E-state index in [9.17, 15) is 22.8 Å². The molecule has 9 heteroatoms. The number of hydrogen-bond donors (Lipinski definition) is 2. The lowest BCUT2D eigenvalue weighted by Crippen LogP contribution is -2.47. The highest BCUT2D eigenvalue weighted by Gasteiger charge is 2.38. The Morgan fingerprint density at radius 2 is 1.74 bits per heavy atom. The van der Waals surface area contributed by atoms with E-state index in [1.54, 1.807) is 0 Å². The van der Waals surface area contributed by atoms with Crippen molar-refractivity contribution in [1.29, 1.82) is 0 Å². The maximum atomic E-state index is 13.1. The molecule has 1 atom stereocenters. The number of amides is 2. The van der Waals surface area contributed by atoms with Gasteiger partial charge in [-0.15, -0.1) is 0 Å². The van der Waals surface area contributed by atoms with E-state index in [-0.39, 0.29) is 18.1 Å². The van der Waals surface area contributed by atoms with Crippen molar-refractivity contribution in [2.24, 2.45) is 5.73 Å². The van der Waals surface area contributed by atoms with Crippen molar-refractivity contribution >= 4 is 20.1 Å². The third-order valence-electron chi connectivity index (χ3n) is 4.80. The Hall–Kier alpha value is -1.87. The van der Waals surface area contributed by atoms with E-state index in [0.717, 1.165) is 12.1 Å². The quantitative estimate of drug-likeness (QED) is 0.680. The van der Waals surface area contributed by atoms with E-state index in [0.29, 0.717) is 0 Å². The fraction of sp³-hybridized carbons (Fsp3) is 0.556. The minimum atomic E-state index is -4.68. The third kappa shape index (κ3) is 6.35. The highest BCUT2D eigenvalue weighted by Crippen LogP contribution is 2.36. The van der Waals surface area contributed by atoms with Gasteiger partial charge in [0.05, 0.1) is 11.1 Å². The number of nitrogens with two attached hydrogens (primary N) is 1. The maximum Gasteiger partial charge on any atom is 0.417 e. The molecule has 5 nitrogen and oxygen atoms in total. The van der Waals surface area contributed by atoms with Gasteiger partial charge in [0.25, 0.3) is 5.91 Å². The number of carbonyl (C=O) groups excluding carboxylic acids is 2. The minimum Gasteiger partial charge on any atom is -0.417 e. The molecule has 0 aliphatic carbocycles. The largest absolute Gasteiger partial charge is 0.417 e. The first-order valence-corrected chi connectivity index (χ1v) is 11.5. The van der Waals surface area contributed by atoms with Crippen molar-refractivity contribution in [3.63, 3.8) is 0 Å². The summed E-state index contributed by atoms with van der Waals surface area (Å²) in [7, 11) is -2.06. The number of alkyl halides is 3. The molecule has 1 aromatic carbocycles. The minimum absolute atomic E-state index is 0.0376. The number of primary amides is 1. The van der Waals surface area contributed by atoms with Crippen LogP contribution in [0.15, 0.2) is 24.3 Å². The first-order valence-electron chi connectivity index (χ1n) is 8.57. The van der Waals surface area contributed by atoms with E-state index >= 15 is 0 Å². The van der Waals surface area contributed by atoms with Crippen LogP contribution in [0.25, 0.3) is 0 Å². The number of benzene rings is 1. The van der Waals surface area contributed by atoms with Crippen LogP contribution in [-0.2, 0) is 15.4 Å². The van der Waals surface area contributed by atoms with Gasteiger partial charge in [-0.25, -0.2) is 0 Å². The summed E-state index contributed by atoms with van der Waals surface area (Å²) < 4.78 is 45.1. The summed E-state index contributed by atoms with van der Waals surface area (Å²) in [5, 5.41) is 2.25. The second-order valence-electron chi connectivity index (χ2n) is 7.87. The molecule has 1 rings (SSSR count). The van der Waals surface area contributed by atoms with Gasteiger partial charge in [-0.3, -0.25) is 9.59 Å². The first-order chi connectivity index (χ1) is 12.2. The van der Waals surface area contributed by atoms with Gasteiger partial charge < -0.3 is 15.5 Å². The van der Waals surface area contributed by atoms with Crippen molar-refractivity contribution < 1.29 is 27.2 Å². The van der Waals surface area contributed by atoms with Crippen molar-refractivity contribution in [1.82, 2.24) is 5.32 Å². The molecular weight excluding hydrogens is 377 g/mol. The topological polar surface area (TPSA) is 81.4 Å². The molecule has 3 N–H and O–H groups in total. The Morgan fingerprint density at radius 1 is 1.19 bits per heavy atom. The van der Waals surface area contributed by atoms with E-state index in [1.165, 1.54) is 12.1 Å². The summed E-state index contributed by atoms with van der Waals surface area (Å²) >= 11 is 0. The Morgan fingerprint density at radius 3 is 2.22 bits per heavy atom. The van der Waals surface area contributed by atoms with E-state index in [1.807, 2.05) is 13.1 Å². The summed E-state index contributed by atoms with van der Waals surface area (Å²) in [4.78, 5) is 23.9. The van der Waals surface area contributed by atoms with Gasteiger partial charge in [0.2, 0.25) is 5.91 Å². The summed E-state index contributed by atoms with van der Waals surface area (Å²) in [6.45, 7) is 10.4. The lowest BCUT2D eigenvalue weighted by molar-refractivity contribution is -0.137. The molecule has 27 heavy (non-hydrogen) atoms. The smallest absolute Gasteiger partial charge is 0.417 e. The standard InChI is InChI=1S/C18H27F3N2O3Si/c1-17(2,3)27(4,5)26-11-10-14(15(22)24)23-16(25)12-8-6-7-9-13(12)18(19,20)21/h6-9,14H,10-11H2,1-5H3,(H2,22,24)(H,23,25)/t14-/m0/s1. The van der Waals surface area contributed by atoms with Crippen LogP contribution in [0.2, 0.25) is 18.1 Å². The molecule has 0 spiro atoms. The molecule has 0 radical (unpaired) electrons. The molecule has 0 bridgehead atoms. The molecule has 0 saturated carbocycles. The zero-order valence-corrected chi connectivity index (χ0v) is 17.2. The molecule has 0 saturated heterocycles. The van der Waals surface area contributed by atoms with Crippen LogP contribution in [0.3, 0.4) is 0 Å². The number of hydrogen-bond acceptors (Lipinski definition) is 3. The second kappa shape index (κ2) is 8.43. The predicted octanol–water partition coefficient (Wildman–Crippen LogP) is 3.70. The van der Waals surface area contributed by atoms with Gasteiger partial charge in [-0.1, -0.05) is 32.9 Å². The zero-order valence-electron chi connectivity index (χ0n) is 16.2. The maximum absolute atomic E-state index is 13.1. The van der Waals surface area contributed by atoms with Crippen LogP contribution in [0.4, 0.5) is 13.2 Å². The van der Waals surface area contributed by atoms with Gasteiger partial charge in [0, 0.05) is 6.61 Å². The average Bonchev–Trinajstić information content (AvgIpc) is 2.51. The van der Waals surface area contributed by atoms with Gasteiger partial charge in [0.15, 0.2) is 8.32 Å². The van der Waals surface area contributed by atoms with Gasteiger partial charge >= 0.3 is 6.18 Å². The molecule has 0 fully saturated rings. The normalized spacial score (nSPS) is 13.9. The highest BCUT2D eigenvalue weighted by atomic mass is 28.4. The number of carbonyl (C=O) groups is 2. The van der Waals surface area contributed by atoms with Crippen molar-refractivity contribution in [2.45, 2.75) is 57.5 Å². The molecule has 2 amide bonds. The molecule has 0 unspecified atom stereocenters. The van der Waals surface area contributed by atoms with Crippen LogP contribution >= 0.6 is 0 Å². The third-order valence-corrected chi connectivity index (χ3v) is 9.34. The molecule has 0 aliphatic heterocycles. The van der Waals surface area contributed by atoms with Gasteiger partial charge in [-0.2, -0.15) is 13.2 Å². The molecule has 152 valence electrons. The number of nitrogens with one attached hydrogen (secondary N) is 1. The molecule has 0 aliphatic rings. The second-order valence-corrected chi connectivity index (χ2v) is 12.7. The molecular formula is C18H27F3N2O3Si. The van der Waals surface area contributed by atoms with Gasteiger partial charge in [0.1, 0.15) is 6.04 Å². The Labute approximate surface area is 158 Å². The molecule has 0 aromatic heterocycles. The Kier molecular flexibility index (Phi) is 7.23. The van der Waals surface area contributed by atoms with Crippen LogP contribution in [0.5, 0.6) is 0 Å². The molecule has 1 aromatic rings. The summed E-state index contributed by atoms with van der Waals surface area (Å²) in [6.07, 6.45) is -4.59. The predicted molar refractivity (Wildman–Crippen MR) is 99.7 cm³/mol. The van der Waals surface area contributed by atoms with E-state index in [4.69, 9.17) is 10.2 Å². The van der Waals surface area contributed by atoms with Crippen LogP contribution < -0.4 is 11.1 Å². The van der Waals surface area contributed by atoms with Crippen molar-refractivity contribution in [3.8, 4) is 0 Å². The lowest BCUT2D eigenvalue weighted by atomic mass is 10.1. The number of halogens is 3. The summed E-state index contributed by atoms with van der Waals surface area (Å²) in [5.41, 5.74) is 3.68. The van der Waals surface area contributed by atoms with E-state index in [2.05, 4.69) is 26.1 Å². The summed E-state index contributed by atoms with van der Waals surface area (Å²) in [5.74, 6) is -1.83. The highest BCUT2D eigenvalue weighted by molar-refractivity contribution is 6.74. The van der Waals surface area contributed by atoms with Crippen molar-refractivity contribution in [3.05, 3.63) is 35.4 Å². The lowest BCUT2D eigenvalue weighted by Gasteiger charge is -2.36. The van der Waals surface area contributed by atoms with E-state index < -0.39 is 43.5 Å². The zero-order chi connectivity index (χ0) is 21.0. The molecule has 0 heterocycles. The number of rotatable bonds is 7. The van der Waals surface area contributed by atoms with Crippen LogP contribution in [-0.4, -0.2) is 32.8 Å². The fourth-order valence-corrected chi connectivity index (χ4v) is 3.16. The Balaban J connectivity index is 2.85. The average molecular weight is 405 g/mol. The van der Waals surface area contributed by atoms with Crippen LogP contribution in [0, 0.1) is 0 Å². The van der Waals surface area contributed by atoms with Crippen molar-refractivity contribution in [2.75, 3.05) is 6.61 Å². The summed E-state index contributed by atoms with van der Waals surface area (Å²) in [6, 6.07) is 3.27. The van der Waals surface area contributed by atoms with Gasteiger partial charge in [-0.05, 0) is 36.7 Å². The Bertz CT molecular complexity index is 685. The monoisotopic (exact) mass is 404 g/mol. The van der Waals surface area contributed by atoms with Crippen LogP contribution in [0.1, 0.15) is 43.1 Å². The SMILES string of the molecule is CC(C)(C)[Si](C)(C)OCC[C@H](NC(=O)c1ccccc1C(F)(F)F)C(N)=O.